The minimum atomic E-state index is 0.304. The van der Waals surface area contributed by atoms with Crippen LogP contribution >= 0.6 is 0 Å². The van der Waals surface area contributed by atoms with Crippen LogP contribution in [0.25, 0.3) is 11.3 Å². The molecule has 3 heterocycles. The number of hydrogen-bond acceptors (Lipinski definition) is 6. The number of pyridine rings is 1. The molecule has 0 radical (unpaired) electrons. The molecule has 1 saturated heterocycles. The zero-order chi connectivity index (χ0) is 24.6. The lowest BCUT2D eigenvalue weighted by atomic mass is 10.0. The van der Waals surface area contributed by atoms with Crippen molar-refractivity contribution in [2.75, 3.05) is 18.4 Å². The van der Waals surface area contributed by atoms with E-state index >= 15 is 0 Å². The van der Waals surface area contributed by atoms with Gasteiger partial charge in [-0.25, -0.2) is 9.97 Å². The van der Waals surface area contributed by atoms with Crippen molar-refractivity contribution < 1.29 is 5.11 Å². The summed E-state index contributed by atoms with van der Waals surface area (Å²) in [7, 11) is 0. The predicted octanol–water partition coefficient (Wildman–Crippen LogP) is 5.50. The van der Waals surface area contributed by atoms with Crippen LogP contribution in [0.15, 0.2) is 85.3 Å². The molecule has 0 bridgehead atoms. The number of piperidine rings is 1. The lowest BCUT2D eigenvalue weighted by molar-refractivity contribution is 0.211. The van der Waals surface area contributed by atoms with E-state index in [4.69, 9.17) is 4.98 Å². The lowest BCUT2D eigenvalue weighted by Crippen LogP contribution is -2.38. The maximum absolute atomic E-state index is 9.44. The Labute approximate surface area is 213 Å². The van der Waals surface area contributed by atoms with E-state index in [-0.39, 0.29) is 0 Å². The molecule has 0 unspecified atom stereocenters. The summed E-state index contributed by atoms with van der Waals surface area (Å²) in [5.41, 5.74) is 5.75. The van der Waals surface area contributed by atoms with E-state index in [0.29, 0.717) is 11.8 Å². The Balaban J connectivity index is 1.14. The summed E-state index contributed by atoms with van der Waals surface area (Å²) in [6, 6.07) is 22.6. The Bertz CT molecular complexity index is 1240. The van der Waals surface area contributed by atoms with Crippen molar-refractivity contribution in [3.63, 3.8) is 0 Å². The number of phenolic OH excluding ortho intramolecular Hbond substituents is 1. The first kappa shape index (κ1) is 23.9. The summed E-state index contributed by atoms with van der Waals surface area (Å²) in [6.07, 6.45) is 10.6. The van der Waals surface area contributed by atoms with Crippen LogP contribution < -0.4 is 5.32 Å². The molecule has 36 heavy (non-hydrogen) atoms. The maximum atomic E-state index is 9.44. The average molecular weight is 480 g/mol. The number of nitrogens with zero attached hydrogens (tertiary/aromatic N) is 4. The number of nitrogens with one attached hydrogen (secondary N) is 1. The minimum Gasteiger partial charge on any atom is -0.508 e. The van der Waals surface area contributed by atoms with Crippen molar-refractivity contribution in [3.8, 4) is 17.0 Å². The van der Waals surface area contributed by atoms with Gasteiger partial charge >= 0.3 is 0 Å². The summed E-state index contributed by atoms with van der Waals surface area (Å²) in [5.74, 6) is 1.17. The van der Waals surface area contributed by atoms with Crippen LogP contribution in [0.2, 0.25) is 0 Å². The van der Waals surface area contributed by atoms with Gasteiger partial charge in [-0.3, -0.25) is 9.88 Å². The molecule has 0 saturated carbocycles. The Morgan fingerprint density at radius 3 is 2.47 bits per heavy atom. The van der Waals surface area contributed by atoms with E-state index < -0.39 is 0 Å². The predicted molar refractivity (Wildman–Crippen MR) is 144 cm³/mol. The fourth-order valence-electron chi connectivity index (χ4n) is 4.78. The number of aromatic nitrogens is 3. The molecule has 0 amide bonds. The van der Waals surface area contributed by atoms with E-state index in [2.05, 4.69) is 56.6 Å². The van der Waals surface area contributed by atoms with Gasteiger partial charge in [0.2, 0.25) is 0 Å². The summed E-state index contributed by atoms with van der Waals surface area (Å²) >= 11 is 0. The molecule has 2 N–H and O–H groups in total. The van der Waals surface area contributed by atoms with Gasteiger partial charge in [0.15, 0.2) is 0 Å². The standard InChI is InChI=1S/C30H33N5O/c36-28-9-7-23(8-10-28)3-1-6-30-32-18-13-29(34-30)25-4-2-5-27(21-25)33-26-14-19-35(20-15-26)22-24-11-16-31-17-12-24/h2,4-5,7-13,16-18,21,26,33,36H,1,3,6,14-15,19-20,22H2. The molecule has 184 valence electrons. The fraction of sp³-hybridized carbons (Fsp3) is 0.300. The molecule has 6 nitrogen and oxygen atoms in total. The van der Waals surface area contributed by atoms with Gasteiger partial charge in [0.1, 0.15) is 11.6 Å². The van der Waals surface area contributed by atoms with Gasteiger partial charge in [-0.15, -0.1) is 0 Å². The van der Waals surface area contributed by atoms with Gasteiger partial charge in [0.05, 0.1) is 5.69 Å². The largest absolute Gasteiger partial charge is 0.508 e. The van der Waals surface area contributed by atoms with Crippen molar-refractivity contribution in [3.05, 3.63) is 102 Å². The summed E-state index contributed by atoms with van der Waals surface area (Å²) < 4.78 is 0. The van der Waals surface area contributed by atoms with Crippen LogP contribution in [0.3, 0.4) is 0 Å². The molecule has 0 aliphatic carbocycles. The first-order valence-corrected chi connectivity index (χ1v) is 12.8. The first-order chi connectivity index (χ1) is 17.7. The number of aryl methyl sites for hydroxylation is 2. The summed E-state index contributed by atoms with van der Waals surface area (Å²) in [6.45, 7) is 3.19. The number of phenols is 1. The van der Waals surface area contributed by atoms with E-state index in [1.807, 2.05) is 36.8 Å². The smallest absolute Gasteiger partial charge is 0.128 e. The number of rotatable bonds is 9. The van der Waals surface area contributed by atoms with E-state index in [1.54, 1.807) is 12.1 Å². The third-order valence-electron chi connectivity index (χ3n) is 6.78. The minimum absolute atomic E-state index is 0.304. The van der Waals surface area contributed by atoms with E-state index in [0.717, 1.165) is 74.5 Å². The number of benzene rings is 2. The third kappa shape index (κ3) is 6.67. The van der Waals surface area contributed by atoms with Crippen molar-refractivity contribution >= 4 is 5.69 Å². The molecule has 1 aliphatic rings. The highest BCUT2D eigenvalue weighted by molar-refractivity contribution is 5.65. The van der Waals surface area contributed by atoms with Crippen molar-refractivity contribution in [2.45, 2.75) is 44.7 Å². The Morgan fingerprint density at radius 2 is 1.67 bits per heavy atom. The first-order valence-electron chi connectivity index (χ1n) is 12.8. The molecule has 2 aromatic carbocycles. The van der Waals surface area contributed by atoms with Crippen LogP contribution in [-0.2, 0) is 19.4 Å². The lowest BCUT2D eigenvalue weighted by Gasteiger charge is -2.33. The molecule has 1 fully saturated rings. The third-order valence-corrected chi connectivity index (χ3v) is 6.78. The monoisotopic (exact) mass is 479 g/mol. The van der Waals surface area contributed by atoms with E-state index in [9.17, 15) is 5.11 Å². The number of hydrogen-bond donors (Lipinski definition) is 2. The number of likely N-dealkylation sites (tertiary alicyclic amines) is 1. The SMILES string of the molecule is Oc1ccc(CCCc2nccc(-c3cccc(NC4CCN(Cc5ccncc5)CC4)c3)n2)cc1. The zero-order valence-electron chi connectivity index (χ0n) is 20.6. The second-order valence-electron chi connectivity index (χ2n) is 9.51. The zero-order valence-corrected chi connectivity index (χ0v) is 20.6. The number of anilines is 1. The average Bonchev–Trinajstić information content (AvgIpc) is 2.92. The fourth-order valence-corrected chi connectivity index (χ4v) is 4.78. The van der Waals surface area contributed by atoms with Crippen molar-refractivity contribution in [1.29, 1.82) is 0 Å². The van der Waals surface area contributed by atoms with Gasteiger partial charge < -0.3 is 10.4 Å². The second kappa shape index (κ2) is 11.8. The van der Waals surface area contributed by atoms with Gasteiger partial charge in [-0.1, -0.05) is 24.3 Å². The highest BCUT2D eigenvalue weighted by atomic mass is 16.3. The second-order valence-corrected chi connectivity index (χ2v) is 9.51. The number of aromatic hydroxyl groups is 1. The topological polar surface area (TPSA) is 74.2 Å². The van der Waals surface area contributed by atoms with Crippen LogP contribution in [0, 0.1) is 0 Å². The highest BCUT2D eigenvalue weighted by Crippen LogP contribution is 2.24. The van der Waals surface area contributed by atoms with Gasteiger partial charge in [-0.2, -0.15) is 0 Å². The maximum Gasteiger partial charge on any atom is 0.128 e. The molecular weight excluding hydrogens is 446 g/mol. The van der Waals surface area contributed by atoms with E-state index in [1.165, 1.54) is 11.1 Å². The molecule has 1 aliphatic heterocycles. The van der Waals surface area contributed by atoms with Crippen LogP contribution in [0.4, 0.5) is 5.69 Å². The quantitative estimate of drug-likeness (QED) is 0.330. The molecule has 0 spiro atoms. The summed E-state index contributed by atoms with van der Waals surface area (Å²) in [5, 5.41) is 13.2. The Morgan fingerprint density at radius 1 is 0.861 bits per heavy atom. The molecule has 4 aromatic rings. The highest BCUT2D eigenvalue weighted by Gasteiger charge is 2.19. The molecule has 5 rings (SSSR count). The molecule has 6 heteroatoms. The van der Waals surface area contributed by atoms with Gasteiger partial charge in [0.25, 0.3) is 0 Å². The van der Waals surface area contributed by atoms with Crippen molar-refractivity contribution in [1.82, 2.24) is 19.9 Å². The van der Waals surface area contributed by atoms with Gasteiger partial charge in [0, 0.05) is 61.9 Å². The Kier molecular flexibility index (Phi) is 7.83. The van der Waals surface area contributed by atoms with Crippen LogP contribution in [0.5, 0.6) is 5.75 Å². The normalized spacial score (nSPS) is 14.6. The summed E-state index contributed by atoms with van der Waals surface area (Å²) in [4.78, 5) is 16.0. The van der Waals surface area contributed by atoms with Crippen molar-refractivity contribution in [2.24, 2.45) is 0 Å². The molecule has 2 aromatic heterocycles. The van der Waals surface area contributed by atoms with Crippen LogP contribution in [0.1, 0.15) is 36.2 Å². The molecule has 0 atom stereocenters. The molecular formula is C30H33N5O. The van der Waals surface area contributed by atoms with Gasteiger partial charge in [-0.05, 0) is 79.3 Å². The Hall–Kier alpha value is -3.77. The van der Waals surface area contributed by atoms with Crippen LogP contribution in [-0.4, -0.2) is 44.1 Å².